The van der Waals surface area contributed by atoms with Crippen LogP contribution in [0, 0.1) is 0 Å². The monoisotopic (exact) mass is 667 g/mol. The molecule has 2 atom stereocenters. The molecule has 0 saturated heterocycles. The zero-order valence-corrected chi connectivity index (χ0v) is 32.3. The molecule has 44 heavy (non-hydrogen) atoms. The number of hydrogen-bond donors (Lipinski definition) is 2. The average molecular weight is 667 g/mol. The first-order chi connectivity index (χ1) is 20.9. The summed E-state index contributed by atoms with van der Waals surface area (Å²) >= 11 is 0. The molecule has 0 saturated carbocycles. The molecular formula is C36H76O6P2. The maximum atomic E-state index is 13.9. The van der Waals surface area contributed by atoms with Crippen LogP contribution in [0.25, 0.3) is 0 Å². The first-order valence-corrected chi connectivity index (χ1v) is 24.6. The Kier molecular flexibility index (Phi) is 22.2. The number of aliphatic hydroxyl groups excluding tert-OH is 2. The molecule has 8 heteroatoms. The van der Waals surface area contributed by atoms with Gasteiger partial charge in [0.2, 0.25) is 0 Å². The van der Waals surface area contributed by atoms with Gasteiger partial charge in [0, 0.05) is 0 Å². The number of aliphatic hydroxyl groups is 2. The van der Waals surface area contributed by atoms with Crippen molar-refractivity contribution in [3.8, 4) is 0 Å². The fourth-order valence-corrected chi connectivity index (χ4v) is 20.6. The third kappa shape index (κ3) is 13.4. The zero-order chi connectivity index (χ0) is 33.6. The van der Waals surface area contributed by atoms with Crippen LogP contribution in [0.5, 0.6) is 0 Å². The van der Waals surface area contributed by atoms with Crippen molar-refractivity contribution >= 4 is 25.6 Å². The van der Waals surface area contributed by atoms with Crippen LogP contribution in [0.4, 0.5) is 0 Å². The standard InChI is InChI=1S/C36H76O6P2/c1-9-17-25-43(26-18-10-2,27-19-11-3,28-20-12-4)41-35(39)33(37)34(38)36(40)42-44(29-21-13-5,30-22-14-6,31-23-15-7)32-24-16-8/h33-34,37-38H,9-32H2,1-8H3/t33-,34-/m0/s1. The number of hydrogen-bond acceptors (Lipinski definition) is 6. The number of unbranched alkanes of at least 4 members (excludes halogenated alkanes) is 8. The topological polar surface area (TPSA) is 93.1 Å². The summed E-state index contributed by atoms with van der Waals surface area (Å²) in [5, 5.41) is 22.7. The molecule has 0 aliphatic carbocycles. The minimum atomic E-state index is -3.04. The Bertz CT molecular complexity index is 638. The van der Waals surface area contributed by atoms with Gasteiger partial charge in [0.25, 0.3) is 0 Å². The van der Waals surface area contributed by atoms with Crippen molar-refractivity contribution in [2.75, 3.05) is 49.3 Å². The molecule has 0 aromatic carbocycles. The summed E-state index contributed by atoms with van der Waals surface area (Å²) in [6, 6.07) is 0. The van der Waals surface area contributed by atoms with Crippen molar-refractivity contribution in [1.82, 2.24) is 0 Å². The van der Waals surface area contributed by atoms with Gasteiger partial charge in [-0.1, -0.05) is 0 Å². The van der Waals surface area contributed by atoms with Crippen LogP contribution in [0.2, 0.25) is 0 Å². The second-order valence-electron chi connectivity index (χ2n) is 14.0. The van der Waals surface area contributed by atoms with E-state index in [1.165, 1.54) is 0 Å². The number of rotatable bonds is 29. The molecule has 0 heterocycles. The van der Waals surface area contributed by atoms with Gasteiger partial charge in [0.05, 0.1) is 0 Å². The summed E-state index contributed by atoms with van der Waals surface area (Å²) in [5.41, 5.74) is 0. The molecule has 0 fully saturated rings. The molecule has 0 rings (SSSR count). The molecule has 0 aliphatic rings. The molecule has 0 aliphatic heterocycles. The van der Waals surface area contributed by atoms with E-state index in [9.17, 15) is 19.8 Å². The molecule has 2 N–H and O–H groups in total. The predicted molar refractivity (Wildman–Crippen MR) is 196 cm³/mol. The summed E-state index contributed by atoms with van der Waals surface area (Å²) in [4.78, 5) is 27.8. The second kappa shape index (κ2) is 22.3. The van der Waals surface area contributed by atoms with E-state index < -0.39 is 37.8 Å². The summed E-state index contributed by atoms with van der Waals surface area (Å²) in [6.45, 7) is 11.3. The summed E-state index contributed by atoms with van der Waals surface area (Å²) < 4.78 is 13.3. The summed E-state index contributed by atoms with van der Waals surface area (Å²) in [6.07, 6.45) is 18.9. The maximum absolute atomic E-state index is 13.9. The van der Waals surface area contributed by atoms with Crippen LogP contribution >= 0.6 is 13.7 Å². The van der Waals surface area contributed by atoms with Gasteiger partial charge in [0.15, 0.2) is 0 Å². The van der Waals surface area contributed by atoms with Crippen molar-refractivity contribution in [3.05, 3.63) is 0 Å². The third-order valence-corrected chi connectivity index (χ3v) is 23.1. The van der Waals surface area contributed by atoms with Gasteiger partial charge in [-0.05, 0) is 0 Å². The van der Waals surface area contributed by atoms with E-state index in [0.717, 1.165) is 152 Å². The van der Waals surface area contributed by atoms with Crippen LogP contribution in [-0.2, 0) is 18.6 Å². The molecule has 0 amide bonds. The van der Waals surface area contributed by atoms with E-state index in [4.69, 9.17) is 9.05 Å². The molecule has 266 valence electrons. The van der Waals surface area contributed by atoms with Crippen LogP contribution in [0.15, 0.2) is 0 Å². The fraction of sp³-hybridized carbons (Fsp3) is 0.944. The van der Waals surface area contributed by atoms with Crippen LogP contribution in [-0.4, -0.2) is 83.7 Å². The van der Waals surface area contributed by atoms with E-state index in [1.54, 1.807) is 0 Å². The van der Waals surface area contributed by atoms with Crippen LogP contribution in [0.1, 0.15) is 158 Å². The second-order valence-corrected chi connectivity index (χ2v) is 25.4. The number of carbonyl (C=O) groups is 2. The first-order valence-electron chi connectivity index (χ1n) is 18.8. The average Bonchev–Trinajstić information content (AvgIpc) is 3.04. The predicted octanol–water partition coefficient (Wildman–Crippen LogP) is 10.1. The van der Waals surface area contributed by atoms with Crippen LogP contribution < -0.4 is 0 Å². The van der Waals surface area contributed by atoms with Gasteiger partial charge in [-0.15, -0.1) is 0 Å². The number of carbonyl (C=O) groups excluding carboxylic acids is 2. The Labute approximate surface area is 273 Å². The Morgan fingerprint density at radius 3 is 0.705 bits per heavy atom. The van der Waals surface area contributed by atoms with Gasteiger partial charge in [-0.2, -0.15) is 0 Å². The van der Waals surface area contributed by atoms with Gasteiger partial charge in [-0.25, -0.2) is 0 Å². The minimum absolute atomic E-state index is 0.823. The van der Waals surface area contributed by atoms with E-state index in [1.807, 2.05) is 0 Å². The van der Waals surface area contributed by atoms with E-state index in [0.29, 0.717) is 0 Å². The summed E-state index contributed by atoms with van der Waals surface area (Å²) in [5.74, 6) is -1.65. The van der Waals surface area contributed by atoms with E-state index >= 15 is 0 Å². The Balaban J connectivity index is 6.59. The normalized spacial score (nSPS) is 15.5. The third-order valence-electron chi connectivity index (χ3n) is 10.1. The SMILES string of the molecule is CCCCP(CCCC)(CCCC)(CCCC)OC(=O)[C@@H](O)[C@H](O)C(=O)OP(CCCC)(CCCC)(CCCC)CCCC. The van der Waals surface area contributed by atoms with E-state index in [2.05, 4.69) is 55.4 Å². The zero-order valence-electron chi connectivity index (χ0n) is 30.5. The molecule has 0 aromatic heterocycles. The molecule has 0 unspecified atom stereocenters. The van der Waals surface area contributed by atoms with E-state index in [-0.39, 0.29) is 0 Å². The molecule has 0 spiro atoms. The van der Waals surface area contributed by atoms with Gasteiger partial charge in [-0.3, -0.25) is 0 Å². The molecule has 0 bridgehead atoms. The van der Waals surface area contributed by atoms with Gasteiger partial charge in [0.1, 0.15) is 0 Å². The Hall–Kier alpha value is -0.280. The molecule has 6 nitrogen and oxygen atoms in total. The molecule has 0 aromatic rings. The van der Waals surface area contributed by atoms with Crippen molar-refractivity contribution < 1.29 is 28.8 Å². The first kappa shape index (κ1) is 43.7. The van der Waals surface area contributed by atoms with Crippen molar-refractivity contribution in [3.63, 3.8) is 0 Å². The van der Waals surface area contributed by atoms with Crippen LogP contribution in [0.3, 0.4) is 0 Å². The molecule has 0 radical (unpaired) electrons. The van der Waals surface area contributed by atoms with Gasteiger partial charge >= 0.3 is 274 Å². The fourth-order valence-electron chi connectivity index (χ4n) is 7.05. The van der Waals surface area contributed by atoms with Crippen molar-refractivity contribution in [2.45, 2.75) is 170 Å². The Morgan fingerprint density at radius 2 is 0.568 bits per heavy atom. The quantitative estimate of drug-likeness (QED) is 0.0772. The summed E-state index contributed by atoms with van der Waals surface area (Å²) in [7, 11) is 0. The van der Waals surface area contributed by atoms with Crippen molar-refractivity contribution in [1.29, 1.82) is 0 Å². The van der Waals surface area contributed by atoms with Crippen molar-refractivity contribution in [2.24, 2.45) is 0 Å². The van der Waals surface area contributed by atoms with Gasteiger partial charge < -0.3 is 0 Å². The molecular weight excluding hydrogens is 590 g/mol. The Morgan fingerprint density at radius 1 is 0.409 bits per heavy atom.